The maximum atomic E-state index is 5.75. The van der Waals surface area contributed by atoms with Crippen LogP contribution in [0.15, 0.2) is 291 Å². The molecule has 0 heteroatoms. The van der Waals surface area contributed by atoms with Crippen molar-refractivity contribution in [2.45, 2.75) is 81.0 Å². The van der Waals surface area contributed by atoms with Crippen LogP contribution in [0, 0.1) is 0 Å². The molecule has 0 N–H and O–H groups in total. The Morgan fingerprint density at radius 2 is 0.440 bits per heavy atom. The Labute approximate surface area is 595 Å². The molecule has 0 heterocycles. The highest BCUT2D eigenvalue weighted by molar-refractivity contribution is 6.07. The summed E-state index contributed by atoms with van der Waals surface area (Å²) in [5, 5.41) is 10.9. The van der Waals surface area contributed by atoms with E-state index in [4.69, 9.17) is 5.48 Å². The summed E-state index contributed by atoms with van der Waals surface area (Å²) < 4.78 is 23.0. The van der Waals surface area contributed by atoms with Crippen LogP contribution in [-0.4, -0.2) is 0 Å². The molecule has 0 saturated carbocycles. The van der Waals surface area contributed by atoms with Crippen molar-refractivity contribution in [3.05, 3.63) is 380 Å². The first-order chi connectivity index (χ1) is 51.6. The number of fused-ring (bicyclic) bond motifs is 34. The van der Waals surface area contributed by atoms with Crippen LogP contribution in [0.3, 0.4) is 0 Å². The molecule has 0 aliphatic heterocycles. The Morgan fingerprint density at radius 3 is 0.970 bits per heavy atom. The van der Waals surface area contributed by atoms with Crippen LogP contribution in [0.1, 0.15) is 124 Å². The predicted octanol–water partition coefficient (Wildman–Crippen LogP) is 26.5. The summed E-state index contributed by atoms with van der Waals surface area (Å²) in [6.45, 7) is 0. The maximum absolute atomic E-state index is 5.75. The van der Waals surface area contributed by atoms with Crippen molar-refractivity contribution in [2.75, 3.05) is 0 Å². The monoisotopic (exact) mass is 1290 g/mol. The summed E-state index contributed by atoms with van der Waals surface area (Å²) in [6.07, 6.45) is 8.58. The van der Waals surface area contributed by atoms with Gasteiger partial charge in [-0.05, 0) is 291 Å². The average Bonchev–Trinajstić information content (AvgIpc) is 1.59. The van der Waals surface area contributed by atoms with Crippen LogP contribution in [0.4, 0.5) is 0 Å². The van der Waals surface area contributed by atoms with E-state index in [9.17, 15) is 0 Å². The molecule has 0 atom stereocenters. The molecule has 100 heavy (non-hydrogen) atoms. The topological polar surface area (TPSA) is 0 Å². The lowest BCUT2D eigenvalue weighted by Gasteiger charge is -2.10. The van der Waals surface area contributed by atoms with Gasteiger partial charge >= 0.3 is 0 Å². The Bertz CT molecular complexity index is 6010. The molecule has 24 rings (SSSR count). The summed E-state index contributed by atoms with van der Waals surface area (Å²) >= 11 is 0. The minimum atomic E-state index is 1.06. The molecule has 0 amide bonds. The van der Waals surface area contributed by atoms with Crippen LogP contribution in [0.25, 0.3) is 132 Å². The molecule has 0 bridgehead atoms. The van der Waals surface area contributed by atoms with Crippen LogP contribution in [0.2, 0.25) is 0 Å². The van der Waals surface area contributed by atoms with Crippen molar-refractivity contribution in [3.63, 3.8) is 0 Å². The smallest absolute Gasteiger partial charge is 0.0194 e. The third-order valence-electron chi connectivity index (χ3n) is 22.8. The lowest BCUT2D eigenvalue weighted by Crippen LogP contribution is -1.90. The van der Waals surface area contributed by atoms with Gasteiger partial charge < -0.3 is 0 Å². The third kappa shape index (κ3) is 9.48. The normalized spacial score (nSPS) is 13.2. The zero-order valence-electron chi connectivity index (χ0n) is 61.4. The second kappa shape index (κ2) is 24.2. The molecule has 8 aliphatic carbocycles. The number of rotatable bonds is 0. The fourth-order valence-electron chi connectivity index (χ4n) is 18.6. The molecule has 0 aromatic heterocycles. The quantitative estimate of drug-likeness (QED) is 0.142. The van der Waals surface area contributed by atoms with Gasteiger partial charge in [0.25, 0.3) is 0 Å². The van der Waals surface area contributed by atoms with Gasteiger partial charge in [0.15, 0.2) is 0 Å². The summed E-state index contributed by atoms with van der Waals surface area (Å²) in [7, 11) is 5.00. The summed E-state index contributed by atoms with van der Waals surface area (Å²) in [6, 6.07) is 108. The molecule has 0 fully saturated rings. The number of benzene rings is 16. The van der Waals surface area contributed by atoms with E-state index < -0.39 is 0 Å². The molecule has 0 radical (unpaired) electrons. The lowest BCUT2D eigenvalue weighted by atomic mass is 9.94. The van der Waals surface area contributed by atoms with Gasteiger partial charge in [-0.25, -0.2) is 0 Å². The number of hydrogen-bond donors (Lipinski definition) is 0. The molecule has 8 aliphatic rings. The van der Waals surface area contributed by atoms with E-state index in [1.807, 2.05) is 0 Å². The van der Waals surface area contributed by atoms with E-state index in [0.29, 0.717) is 0 Å². The van der Waals surface area contributed by atoms with Crippen LogP contribution < -0.4 is 0 Å². The van der Waals surface area contributed by atoms with E-state index in [1.54, 1.807) is 11.1 Å². The van der Waals surface area contributed by atoms with Crippen molar-refractivity contribution in [3.8, 4) is 89.0 Å². The van der Waals surface area contributed by atoms with Gasteiger partial charge in [0, 0.05) is 5.48 Å². The summed E-state index contributed by atoms with van der Waals surface area (Å²) in [5.41, 5.74) is 47.0. The second-order valence-corrected chi connectivity index (χ2v) is 27.9. The largest absolute Gasteiger partial charge is 0.0776 e. The van der Waals surface area contributed by atoms with E-state index in [2.05, 4.69) is 291 Å². The fourth-order valence-corrected chi connectivity index (χ4v) is 18.6. The zero-order chi connectivity index (χ0) is 70.7. The average molecular weight is 1290 g/mol. The molecule has 0 saturated heterocycles. The third-order valence-corrected chi connectivity index (χ3v) is 22.8. The fraction of sp³-hybridized carbons (Fsp3) is 0.120. The number of hydrogen-bond acceptors (Lipinski definition) is 0. The molecule has 0 unspecified atom stereocenters. The SMILES string of the molecule is [3H]C.[3H]C.[3H]C.[3H]C.c1ccc2c(c1)Cc1c-2ccc2c1Cc1ccc3ccccc3c1-2.c1ccc2c(c1)Cc1cc3c(cc1-2)-c1c(ccc2ccccc12)C3.c1ccc2c(c1)Cc1cc3c(cc1-2)Cc1ccc2ccccc2c1-3.c1ccc2c(c1)Cc1ccc3c(c1-2)Cc1ccc2ccccc2c1-3. The molecule has 480 valence electrons. The predicted molar refractivity (Wildman–Crippen MR) is 429 cm³/mol. The van der Waals surface area contributed by atoms with Crippen molar-refractivity contribution in [2.24, 2.45) is 0 Å². The minimum absolute atomic E-state index is 1.06. The highest BCUT2D eigenvalue weighted by atomic mass is 14.4. The highest BCUT2D eigenvalue weighted by Crippen LogP contribution is 2.53. The Kier molecular flexibility index (Phi) is 14.0. The van der Waals surface area contributed by atoms with Gasteiger partial charge in [0.1, 0.15) is 0 Å². The summed E-state index contributed by atoms with van der Waals surface area (Å²) in [5.74, 6) is 0. The molecule has 0 spiro atoms. The van der Waals surface area contributed by atoms with Gasteiger partial charge in [-0.15, -0.1) is 0 Å². The van der Waals surface area contributed by atoms with Crippen LogP contribution in [0.5, 0.6) is 0 Å². The second-order valence-electron chi connectivity index (χ2n) is 27.9. The summed E-state index contributed by atoms with van der Waals surface area (Å²) in [4.78, 5) is 0. The Morgan fingerprint density at radius 1 is 0.160 bits per heavy atom. The van der Waals surface area contributed by atoms with Gasteiger partial charge in [-0.3, -0.25) is 0 Å². The Balaban J connectivity index is 0.0000000993. The molecular weight excluding hydrogens is 1200 g/mol. The van der Waals surface area contributed by atoms with Gasteiger partial charge in [-0.1, -0.05) is 303 Å². The molecular formula is C100H80. The van der Waals surface area contributed by atoms with E-state index in [-0.39, 0.29) is 0 Å². The standard InChI is InChI=1S/4C24H16.4CH4/c1-4-8-21-15(5-1)9-10-17-12-19-13-22-18(14-23(19)24(17)21)11-16-6-2-3-7-20(16)22;1-4-8-21-15(5-1)9-10-17-12-19-13-18-11-16-6-2-3-7-20(16)22(18)14-23(19)24(17)21;1-4-8-19-15(5-1)9-10-17-14-23-21(24(17)19)12-11-20-18-7-3-2-6-16(18)13-22(20)23;1-3-7-19-15(5-1)9-10-18-14-22-21(23(18)19)12-11-17-13-16-6-2-4-8-20(16)24(17)22;;;;/h2*1-10,13-14H,11-12H2;2*1-12H,13-14H2;4*1H4/i;;;;4*1T. The van der Waals surface area contributed by atoms with Gasteiger partial charge in [0.2, 0.25) is 0 Å². The lowest BCUT2D eigenvalue weighted by molar-refractivity contribution is 1.16. The van der Waals surface area contributed by atoms with Crippen molar-refractivity contribution < 1.29 is 5.48 Å². The van der Waals surface area contributed by atoms with E-state index in [0.717, 1.165) is 51.4 Å². The minimum Gasteiger partial charge on any atom is -0.0776 e. The van der Waals surface area contributed by atoms with Crippen molar-refractivity contribution in [1.82, 2.24) is 0 Å². The Hall–Kier alpha value is -11.4. The van der Waals surface area contributed by atoms with E-state index >= 15 is 0 Å². The van der Waals surface area contributed by atoms with Crippen molar-refractivity contribution in [1.29, 1.82) is 0 Å². The van der Waals surface area contributed by atoms with Crippen LogP contribution >= 0.6 is 0 Å². The van der Waals surface area contributed by atoms with Crippen molar-refractivity contribution >= 4 is 43.1 Å². The first-order valence-electron chi connectivity index (χ1n) is 38.5. The molecule has 16 aromatic carbocycles. The van der Waals surface area contributed by atoms with E-state index in [1.165, 1.54) is 240 Å². The first-order valence-corrected chi connectivity index (χ1v) is 34.5. The molecule has 16 aromatic rings. The zero-order valence-corrected chi connectivity index (χ0v) is 57.4. The first kappa shape index (κ1) is 57.6. The maximum Gasteiger partial charge on any atom is 0.0194 e. The highest BCUT2D eigenvalue weighted by Gasteiger charge is 2.33. The van der Waals surface area contributed by atoms with Gasteiger partial charge in [0.05, 0.1) is 0 Å². The van der Waals surface area contributed by atoms with Gasteiger partial charge in [-0.2, -0.15) is 0 Å². The van der Waals surface area contributed by atoms with Crippen LogP contribution in [-0.2, 0) is 51.4 Å². The molecule has 0 nitrogen and oxygen atoms in total.